The van der Waals surface area contributed by atoms with Crippen LogP contribution in [-0.4, -0.2) is 41.4 Å². The van der Waals surface area contributed by atoms with Gasteiger partial charge in [-0.15, -0.1) is 11.3 Å². The summed E-state index contributed by atoms with van der Waals surface area (Å²) in [5.41, 5.74) is 0.0327. The van der Waals surface area contributed by atoms with E-state index in [9.17, 15) is 23.1 Å². The highest BCUT2D eigenvalue weighted by atomic mass is 32.1. The lowest BCUT2D eigenvalue weighted by Gasteiger charge is -2.32. The molecule has 38 heavy (non-hydrogen) atoms. The van der Waals surface area contributed by atoms with E-state index in [1.807, 2.05) is 18.4 Å². The molecule has 0 radical (unpaired) electrons. The molecule has 0 atom stereocenters. The van der Waals surface area contributed by atoms with Gasteiger partial charge in [-0.05, 0) is 75.4 Å². The van der Waals surface area contributed by atoms with E-state index >= 15 is 0 Å². The van der Waals surface area contributed by atoms with Gasteiger partial charge < -0.3 is 19.5 Å². The number of hydrogen-bond acceptors (Lipinski definition) is 6. The third-order valence-electron chi connectivity index (χ3n) is 6.63. The zero-order valence-electron chi connectivity index (χ0n) is 21.5. The van der Waals surface area contributed by atoms with Gasteiger partial charge in [-0.3, -0.25) is 0 Å². The van der Waals surface area contributed by atoms with Gasteiger partial charge in [-0.25, -0.2) is 9.78 Å². The predicted octanol–water partition coefficient (Wildman–Crippen LogP) is 7.06. The third-order valence-corrected chi connectivity index (χ3v) is 7.53. The number of ether oxygens (including phenoxy) is 2. The molecular weight excluding hydrogens is 517 g/mol. The molecule has 0 unspecified atom stereocenters. The van der Waals surface area contributed by atoms with Crippen LogP contribution in [0.3, 0.4) is 0 Å². The van der Waals surface area contributed by atoms with E-state index in [4.69, 9.17) is 14.5 Å². The van der Waals surface area contributed by atoms with E-state index in [1.165, 1.54) is 56.6 Å². The number of benzene rings is 2. The van der Waals surface area contributed by atoms with E-state index in [-0.39, 0.29) is 0 Å². The summed E-state index contributed by atoms with van der Waals surface area (Å²) in [6.45, 7) is 6.68. The smallest absolute Gasteiger partial charge is 0.416 e. The number of aromatic nitrogens is 1. The molecule has 4 rings (SSSR count). The van der Waals surface area contributed by atoms with Crippen LogP contribution in [-0.2, 0) is 11.0 Å². The van der Waals surface area contributed by atoms with E-state index in [0.29, 0.717) is 41.8 Å². The average molecular weight is 549 g/mol. The molecule has 204 valence electrons. The van der Waals surface area contributed by atoms with Crippen LogP contribution < -0.4 is 14.4 Å². The Hall–Kier alpha value is -3.27. The lowest BCUT2D eigenvalue weighted by Crippen LogP contribution is -2.38. The predicted molar refractivity (Wildman–Crippen MR) is 141 cm³/mol. The minimum absolute atomic E-state index is 0.405. The molecule has 0 spiro atoms. The van der Waals surface area contributed by atoms with E-state index in [1.54, 1.807) is 12.1 Å². The first-order valence-electron chi connectivity index (χ1n) is 12.5. The molecule has 0 saturated heterocycles. The van der Waals surface area contributed by atoms with Crippen LogP contribution >= 0.6 is 11.3 Å². The minimum atomic E-state index is -4.37. The summed E-state index contributed by atoms with van der Waals surface area (Å²) in [4.78, 5) is 18.3. The lowest BCUT2D eigenvalue weighted by atomic mass is 9.85. The molecule has 1 heterocycles. The fourth-order valence-electron chi connectivity index (χ4n) is 4.04. The van der Waals surface area contributed by atoms with Crippen LogP contribution in [0.2, 0.25) is 0 Å². The number of anilines is 1. The molecule has 1 saturated carbocycles. The van der Waals surface area contributed by atoms with Crippen molar-refractivity contribution in [3.05, 3.63) is 59.0 Å². The van der Waals surface area contributed by atoms with Gasteiger partial charge in [0.2, 0.25) is 0 Å². The van der Waals surface area contributed by atoms with Gasteiger partial charge in [0.1, 0.15) is 18.1 Å². The number of carboxylic acids is 1. The quantitative estimate of drug-likeness (QED) is 0.277. The van der Waals surface area contributed by atoms with Gasteiger partial charge in [0.05, 0.1) is 17.8 Å². The number of alkyl halides is 3. The first kappa shape index (κ1) is 27.8. The Morgan fingerprint density at radius 3 is 2.45 bits per heavy atom. The average Bonchev–Trinajstić information content (AvgIpc) is 3.31. The number of carboxylic acid groups (broad SMARTS) is 1. The van der Waals surface area contributed by atoms with Crippen LogP contribution in [0.4, 0.5) is 18.3 Å². The maximum absolute atomic E-state index is 12.9. The molecule has 0 amide bonds. The molecule has 0 aliphatic heterocycles. The number of rotatable bonds is 11. The standard InChI is InChI=1S/C28H31F3N2O4S/c1-18-15-22(11-12-24(18)37-27(2,3)25(34)35)36-14-13-33(16-19-5-4-6-19)26-32-23(17-38-26)20-7-9-21(10-8-20)28(29,30)31/h7-12,15,17,19H,4-6,13-14,16H2,1-3H3,(H,34,35). The number of hydrogen-bond donors (Lipinski definition) is 1. The summed E-state index contributed by atoms with van der Waals surface area (Å²) < 4.78 is 50.4. The van der Waals surface area contributed by atoms with Crippen molar-refractivity contribution in [2.45, 2.75) is 51.8 Å². The lowest BCUT2D eigenvalue weighted by molar-refractivity contribution is -0.152. The zero-order valence-corrected chi connectivity index (χ0v) is 22.4. The van der Waals surface area contributed by atoms with Crippen molar-refractivity contribution >= 4 is 22.4 Å². The van der Waals surface area contributed by atoms with Gasteiger partial charge in [0.15, 0.2) is 10.7 Å². The Balaban J connectivity index is 1.41. The highest BCUT2D eigenvalue weighted by Crippen LogP contribution is 2.34. The molecule has 1 N–H and O–H groups in total. The number of aryl methyl sites for hydroxylation is 1. The summed E-state index contributed by atoms with van der Waals surface area (Å²) >= 11 is 1.47. The Morgan fingerprint density at radius 2 is 1.87 bits per heavy atom. The van der Waals surface area contributed by atoms with E-state index in [0.717, 1.165) is 29.4 Å². The molecule has 10 heteroatoms. The second-order valence-electron chi connectivity index (χ2n) is 10.0. The first-order valence-corrected chi connectivity index (χ1v) is 13.3. The van der Waals surface area contributed by atoms with Crippen LogP contribution in [0.15, 0.2) is 47.8 Å². The summed E-state index contributed by atoms with van der Waals surface area (Å²) in [6, 6.07) is 10.3. The maximum atomic E-state index is 12.9. The van der Waals surface area contributed by atoms with Crippen LogP contribution in [0.1, 0.15) is 44.2 Å². The van der Waals surface area contributed by atoms with Crippen molar-refractivity contribution in [3.8, 4) is 22.8 Å². The second kappa shape index (κ2) is 11.2. The molecule has 0 bridgehead atoms. The van der Waals surface area contributed by atoms with E-state index < -0.39 is 23.3 Å². The van der Waals surface area contributed by atoms with Crippen LogP contribution in [0, 0.1) is 12.8 Å². The molecule has 3 aromatic rings. The van der Waals surface area contributed by atoms with Gasteiger partial charge in [0, 0.05) is 17.5 Å². The Kier molecular flexibility index (Phi) is 8.20. The van der Waals surface area contributed by atoms with Gasteiger partial charge in [-0.2, -0.15) is 13.2 Å². The Labute approximate surface area is 224 Å². The number of nitrogens with zero attached hydrogens (tertiary/aromatic N) is 2. The molecule has 6 nitrogen and oxygen atoms in total. The number of thiazole rings is 1. The minimum Gasteiger partial charge on any atom is -0.492 e. The summed E-state index contributed by atoms with van der Waals surface area (Å²) in [6.07, 6.45) is -0.813. The van der Waals surface area contributed by atoms with Crippen molar-refractivity contribution in [3.63, 3.8) is 0 Å². The van der Waals surface area contributed by atoms with Gasteiger partial charge >= 0.3 is 12.1 Å². The van der Waals surface area contributed by atoms with Crippen LogP contribution in [0.25, 0.3) is 11.3 Å². The van der Waals surface area contributed by atoms with Crippen LogP contribution in [0.5, 0.6) is 11.5 Å². The van der Waals surface area contributed by atoms with E-state index in [2.05, 4.69) is 4.90 Å². The molecule has 1 fully saturated rings. The second-order valence-corrected chi connectivity index (χ2v) is 10.9. The van der Waals surface area contributed by atoms with Gasteiger partial charge in [-0.1, -0.05) is 18.6 Å². The molecule has 1 aliphatic carbocycles. The summed E-state index contributed by atoms with van der Waals surface area (Å²) in [5, 5.41) is 12.0. The molecule has 1 aromatic heterocycles. The number of carbonyl (C=O) groups is 1. The third kappa shape index (κ3) is 6.78. The zero-order chi connectivity index (χ0) is 27.5. The van der Waals surface area contributed by atoms with Crippen molar-refractivity contribution < 1.29 is 32.5 Å². The normalized spacial score (nSPS) is 14.2. The van der Waals surface area contributed by atoms with Crippen molar-refractivity contribution in [1.82, 2.24) is 4.98 Å². The molecule has 1 aliphatic rings. The maximum Gasteiger partial charge on any atom is 0.416 e. The molecule has 2 aromatic carbocycles. The summed E-state index contributed by atoms with van der Waals surface area (Å²) in [7, 11) is 0. The van der Waals surface area contributed by atoms with Crippen molar-refractivity contribution in [2.24, 2.45) is 5.92 Å². The fourth-order valence-corrected chi connectivity index (χ4v) is 4.91. The van der Waals surface area contributed by atoms with Gasteiger partial charge in [0.25, 0.3) is 0 Å². The van der Waals surface area contributed by atoms with Crippen molar-refractivity contribution in [1.29, 1.82) is 0 Å². The van der Waals surface area contributed by atoms with Crippen molar-refractivity contribution in [2.75, 3.05) is 24.6 Å². The first-order chi connectivity index (χ1) is 17.9. The number of aliphatic carboxylic acids is 1. The topological polar surface area (TPSA) is 71.9 Å². The highest BCUT2D eigenvalue weighted by molar-refractivity contribution is 7.14. The largest absolute Gasteiger partial charge is 0.492 e. The molecular formula is C28H31F3N2O4S. The SMILES string of the molecule is Cc1cc(OCCN(CC2CCC2)c2nc(-c3ccc(C(F)(F)F)cc3)cs2)ccc1OC(C)(C)C(=O)O. The number of halogens is 3. The Morgan fingerprint density at radius 1 is 1.16 bits per heavy atom. The Bertz CT molecular complexity index is 1250. The fraction of sp³-hybridized carbons (Fsp3) is 0.429. The summed E-state index contributed by atoms with van der Waals surface area (Å²) in [5.74, 6) is 0.670. The monoisotopic (exact) mass is 548 g/mol. The highest BCUT2D eigenvalue weighted by Gasteiger charge is 2.31.